The summed E-state index contributed by atoms with van der Waals surface area (Å²) in [5.74, 6) is 0.972. The Hall–Kier alpha value is -0.0800. The topological polar surface area (TPSA) is 29.3 Å². The summed E-state index contributed by atoms with van der Waals surface area (Å²) < 4.78 is 0. The normalized spacial score (nSPS) is 27.0. The van der Waals surface area contributed by atoms with Crippen LogP contribution in [0.2, 0.25) is 0 Å². The van der Waals surface area contributed by atoms with Gasteiger partial charge in [0, 0.05) is 18.1 Å². The number of likely N-dealkylation sites (N-methyl/N-ethyl adjacent to an activating group) is 1. The monoisotopic (exact) mass is 224 g/mol. The Morgan fingerprint density at radius 2 is 1.75 bits per heavy atom. The summed E-state index contributed by atoms with van der Waals surface area (Å²) in [6, 6.07) is 0.793. The molecule has 0 aromatic heterocycles. The van der Waals surface area contributed by atoms with Gasteiger partial charge in [0.05, 0.1) is 0 Å². The molecule has 2 aliphatic carbocycles. The third-order valence-electron chi connectivity index (χ3n) is 4.84. The van der Waals surface area contributed by atoms with E-state index in [0.29, 0.717) is 0 Å². The van der Waals surface area contributed by atoms with E-state index in [1.54, 1.807) is 0 Å². The highest BCUT2D eigenvalue weighted by Crippen LogP contribution is 2.39. The van der Waals surface area contributed by atoms with Crippen molar-refractivity contribution in [3.8, 4) is 0 Å². The van der Waals surface area contributed by atoms with Gasteiger partial charge in [0.15, 0.2) is 0 Å². The Morgan fingerprint density at radius 3 is 2.25 bits per heavy atom. The number of hydrogen-bond acceptors (Lipinski definition) is 2. The van der Waals surface area contributed by atoms with Gasteiger partial charge in [0.25, 0.3) is 0 Å². The maximum Gasteiger partial charge on any atom is 0.0306 e. The highest BCUT2D eigenvalue weighted by atomic mass is 15.2. The first-order valence-corrected chi connectivity index (χ1v) is 7.09. The number of rotatable bonds is 5. The van der Waals surface area contributed by atoms with Gasteiger partial charge in [-0.2, -0.15) is 0 Å². The Labute approximate surface area is 101 Å². The number of hydrogen-bond donors (Lipinski definition) is 1. The van der Waals surface area contributed by atoms with Crippen LogP contribution in [-0.4, -0.2) is 30.1 Å². The van der Waals surface area contributed by atoms with Crippen LogP contribution >= 0.6 is 0 Å². The highest BCUT2D eigenvalue weighted by molar-refractivity contribution is 4.94. The molecule has 1 atom stereocenters. The third kappa shape index (κ3) is 2.78. The summed E-state index contributed by atoms with van der Waals surface area (Å²) in [7, 11) is 2.31. The minimum atomic E-state index is 0.253. The fourth-order valence-corrected chi connectivity index (χ4v) is 3.22. The molecule has 2 fully saturated rings. The molecule has 2 rings (SSSR count). The van der Waals surface area contributed by atoms with Crippen LogP contribution in [0, 0.1) is 5.92 Å². The Kier molecular flexibility index (Phi) is 3.91. The SMILES string of the molecule is CN(C1CCCCC1)C(C)(CN)CC1CC1. The lowest BCUT2D eigenvalue weighted by Crippen LogP contribution is -2.54. The van der Waals surface area contributed by atoms with Crippen LogP contribution in [0.15, 0.2) is 0 Å². The molecule has 2 nitrogen and oxygen atoms in total. The maximum absolute atomic E-state index is 6.05. The summed E-state index contributed by atoms with van der Waals surface area (Å²) in [4.78, 5) is 2.62. The highest BCUT2D eigenvalue weighted by Gasteiger charge is 2.38. The second-order valence-electron chi connectivity index (χ2n) is 6.25. The minimum Gasteiger partial charge on any atom is -0.329 e. The van der Waals surface area contributed by atoms with Crippen LogP contribution < -0.4 is 5.73 Å². The zero-order chi connectivity index (χ0) is 11.6. The molecule has 2 N–H and O–H groups in total. The zero-order valence-corrected chi connectivity index (χ0v) is 11.0. The molecule has 0 bridgehead atoms. The van der Waals surface area contributed by atoms with Crippen molar-refractivity contribution in [2.45, 2.75) is 69.9 Å². The molecule has 2 heteroatoms. The van der Waals surface area contributed by atoms with E-state index in [-0.39, 0.29) is 5.54 Å². The van der Waals surface area contributed by atoms with E-state index >= 15 is 0 Å². The van der Waals surface area contributed by atoms with Gasteiger partial charge < -0.3 is 5.73 Å². The lowest BCUT2D eigenvalue weighted by molar-refractivity contribution is 0.0597. The van der Waals surface area contributed by atoms with E-state index in [9.17, 15) is 0 Å². The predicted octanol–water partition coefficient (Wildman–Crippen LogP) is 2.77. The third-order valence-corrected chi connectivity index (χ3v) is 4.84. The van der Waals surface area contributed by atoms with Crippen molar-refractivity contribution in [3.63, 3.8) is 0 Å². The second kappa shape index (κ2) is 5.05. The molecule has 1 unspecified atom stereocenters. The fraction of sp³-hybridized carbons (Fsp3) is 1.00. The molecular formula is C14H28N2. The van der Waals surface area contributed by atoms with Crippen LogP contribution in [0.1, 0.15) is 58.3 Å². The quantitative estimate of drug-likeness (QED) is 0.778. The number of nitrogens with zero attached hydrogens (tertiary/aromatic N) is 1. The lowest BCUT2D eigenvalue weighted by atomic mass is 9.87. The zero-order valence-electron chi connectivity index (χ0n) is 11.0. The molecule has 94 valence electrons. The standard InChI is InChI=1S/C14H28N2/c1-14(11-15,10-12-8-9-12)16(2)13-6-4-3-5-7-13/h12-13H,3-11,15H2,1-2H3. The molecule has 0 heterocycles. The summed E-state index contributed by atoms with van der Waals surface area (Å²) in [5, 5.41) is 0. The van der Waals surface area contributed by atoms with Crippen molar-refractivity contribution in [1.29, 1.82) is 0 Å². The molecule has 2 saturated carbocycles. The molecule has 0 aliphatic heterocycles. The average molecular weight is 224 g/mol. The van der Waals surface area contributed by atoms with Crippen LogP contribution in [0.5, 0.6) is 0 Å². The largest absolute Gasteiger partial charge is 0.329 e. The minimum absolute atomic E-state index is 0.253. The molecule has 0 spiro atoms. The molecule has 0 amide bonds. The van der Waals surface area contributed by atoms with Crippen molar-refractivity contribution < 1.29 is 0 Å². The van der Waals surface area contributed by atoms with E-state index < -0.39 is 0 Å². The van der Waals surface area contributed by atoms with Crippen LogP contribution in [0.4, 0.5) is 0 Å². The van der Waals surface area contributed by atoms with Gasteiger partial charge >= 0.3 is 0 Å². The van der Waals surface area contributed by atoms with Crippen LogP contribution in [0.3, 0.4) is 0 Å². The first kappa shape index (κ1) is 12.4. The average Bonchev–Trinajstić information content (AvgIpc) is 3.13. The molecular weight excluding hydrogens is 196 g/mol. The van der Waals surface area contributed by atoms with E-state index in [1.165, 1.54) is 51.4 Å². The van der Waals surface area contributed by atoms with E-state index in [2.05, 4.69) is 18.9 Å². The Bertz CT molecular complexity index is 219. The van der Waals surface area contributed by atoms with Crippen molar-refractivity contribution in [2.24, 2.45) is 11.7 Å². The van der Waals surface area contributed by atoms with Crippen molar-refractivity contribution in [1.82, 2.24) is 4.90 Å². The van der Waals surface area contributed by atoms with Crippen molar-refractivity contribution in [3.05, 3.63) is 0 Å². The predicted molar refractivity (Wildman–Crippen MR) is 69.4 cm³/mol. The second-order valence-corrected chi connectivity index (χ2v) is 6.25. The van der Waals surface area contributed by atoms with Gasteiger partial charge in [-0.25, -0.2) is 0 Å². The van der Waals surface area contributed by atoms with E-state index in [4.69, 9.17) is 5.73 Å². The molecule has 0 radical (unpaired) electrons. The van der Waals surface area contributed by atoms with Gasteiger partial charge in [-0.3, -0.25) is 4.90 Å². The van der Waals surface area contributed by atoms with Gasteiger partial charge in [-0.1, -0.05) is 32.1 Å². The van der Waals surface area contributed by atoms with E-state index in [0.717, 1.165) is 18.5 Å². The van der Waals surface area contributed by atoms with Crippen LogP contribution in [0.25, 0.3) is 0 Å². The Morgan fingerprint density at radius 1 is 1.12 bits per heavy atom. The van der Waals surface area contributed by atoms with Gasteiger partial charge in [0.1, 0.15) is 0 Å². The first-order chi connectivity index (χ1) is 7.65. The van der Waals surface area contributed by atoms with E-state index in [1.807, 2.05) is 0 Å². The van der Waals surface area contributed by atoms with Crippen molar-refractivity contribution in [2.75, 3.05) is 13.6 Å². The van der Waals surface area contributed by atoms with Gasteiger partial charge in [-0.05, 0) is 39.2 Å². The molecule has 0 saturated heterocycles. The summed E-state index contributed by atoms with van der Waals surface area (Å²) in [6.45, 7) is 3.19. The number of nitrogens with two attached hydrogens (primary N) is 1. The van der Waals surface area contributed by atoms with Crippen molar-refractivity contribution >= 4 is 0 Å². The maximum atomic E-state index is 6.05. The Balaban J connectivity index is 1.94. The summed E-state index contributed by atoms with van der Waals surface area (Å²) in [5.41, 5.74) is 6.30. The summed E-state index contributed by atoms with van der Waals surface area (Å²) >= 11 is 0. The molecule has 16 heavy (non-hydrogen) atoms. The lowest BCUT2D eigenvalue weighted by Gasteiger charge is -2.44. The molecule has 0 aromatic carbocycles. The van der Waals surface area contributed by atoms with Gasteiger partial charge in [0.2, 0.25) is 0 Å². The molecule has 2 aliphatic rings. The van der Waals surface area contributed by atoms with Gasteiger partial charge in [-0.15, -0.1) is 0 Å². The molecule has 0 aromatic rings. The smallest absolute Gasteiger partial charge is 0.0306 e. The van der Waals surface area contributed by atoms with Crippen LogP contribution in [-0.2, 0) is 0 Å². The fourth-order valence-electron chi connectivity index (χ4n) is 3.22. The first-order valence-electron chi connectivity index (χ1n) is 7.09. The summed E-state index contributed by atoms with van der Waals surface area (Å²) in [6.07, 6.45) is 11.2.